The molecule has 6 nitrogen and oxygen atoms in total. The smallest absolute Gasteiger partial charge is 0.244 e. The summed E-state index contributed by atoms with van der Waals surface area (Å²) in [6.07, 6.45) is 0.958. The molecule has 1 aromatic carbocycles. The summed E-state index contributed by atoms with van der Waals surface area (Å²) < 4.78 is 27.3. The average Bonchev–Trinajstić information content (AvgIpc) is 2.87. The lowest BCUT2D eigenvalue weighted by Crippen LogP contribution is -2.25. The van der Waals surface area contributed by atoms with Gasteiger partial charge in [0.15, 0.2) is 0 Å². The Morgan fingerprint density at radius 2 is 1.86 bits per heavy atom. The molecule has 0 aliphatic heterocycles. The van der Waals surface area contributed by atoms with Gasteiger partial charge >= 0.3 is 0 Å². The lowest BCUT2D eigenvalue weighted by molar-refractivity contribution is 0.579. The minimum Gasteiger partial charge on any atom is -0.325 e. The number of nitrogens with two attached hydrogens (primary N) is 1. The molecule has 2 rings (SSSR count). The first kappa shape index (κ1) is 15.7. The number of hydrogen-bond donors (Lipinski definition) is 3. The lowest BCUT2D eigenvalue weighted by atomic mass is 10.1. The molecular weight excluding hydrogens is 288 g/mol. The number of rotatable bonds is 6. The fourth-order valence-corrected chi connectivity index (χ4v) is 3.50. The summed E-state index contributed by atoms with van der Waals surface area (Å²) in [6.45, 7) is 4.05. The lowest BCUT2D eigenvalue weighted by Gasteiger charge is -2.08. The number of aromatic amines is 1. The van der Waals surface area contributed by atoms with E-state index in [1.165, 1.54) is 5.56 Å². The normalized spacial score (nSPS) is 11.8. The van der Waals surface area contributed by atoms with Crippen LogP contribution in [0.25, 0.3) is 0 Å². The van der Waals surface area contributed by atoms with Crippen LogP contribution in [0.4, 0.5) is 0 Å². The van der Waals surface area contributed by atoms with Crippen LogP contribution >= 0.6 is 0 Å². The van der Waals surface area contributed by atoms with Crippen molar-refractivity contribution in [2.24, 2.45) is 5.73 Å². The van der Waals surface area contributed by atoms with E-state index in [4.69, 9.17) is 5.73 Å². The summed E-state index contributed by atoms with van der Waals surface area (Å²) in [5.74, 6) is 0. The zero-order valence-electron chi connectivity index (χ0n) is 12.2. The van der Waals surface area contributed by atoms with Gasteiger partial charge < -0.3 is 5.73 Å². The molecule has 7 heteroatoms. The molecule has 0 atom stereocenters. The second-order valence-corrected chi connectivity index (χ2v) is 6.53. The molecule has 0 spiro atoms. The monoisotopic (exact) mass is 308 g/mol. The molecule has 0 aliphatic rings. The third kappa shape index (κ3) is 3.49. The summed E-state index contributed by atoms with van der Waals surface area (Å²) in [7, 11) is -3.63. The quantitative estimate of drug-likeness (QED) is 0.747. The van der Waals surface area contributed by atoms with Crippen LogP contribution in [-0.2, 0) is 29.5 Å². The van der Waals surface area contributed by atoms with Crippen LogP contribution in [0.1, 0.15) is 29.4 Å². The molecular formula is C14H20N4O2S. The van der Waals surface area contributed by atoms with Crippen molar-refractivity contribution in [3.8, 4) is 0 Å². The molecule has 2 aromatic rings. The van der Waals surface area contributed by atoms with E-state index in [0.29, 0.717) is 11.4 Å². The van der Waals surface area contributed by atoms with Crippen molar-refractivity contribution in [1.29, 1.82) is 0 Å². The Labute approximate surface area is 124 Å². The predicted octanol–water partition coefficient (Wildman–Crippen LogP) is 1.22. The van der Waals surface area contributed by atoms with Gasteiger partial charge in [0.1, 0.15) is 4.90 Å². The maximum Gasteiger partial charge on any atom is 0.244 e. The zero-order valence-corrected chi connectivity index (χ0v) is 13.0. The SMILES string of the molecule is CCc1ccc(CNS(=O)(=O)c2c(CN)n[nH]c2C)cc1. The fraction of sp³-hybridized carbons (Fsp3) is 0.357. The van der Waals surface area contributed by atoms with Crippen molar-refractivity contribution in [3.63, 3.8) is 0 Å². The topological polar surface area (TPSA) is 101 Å². The van der Waals surface area contributed by atoms with Crippen LogP contribution in [0.5, 0.6) is 0 Å². The van der Waals surface area contributed by atoms with E-state index in [1.54, 1.807) is 6.92 Å². The fourth-order valence-electron chi connectivity index (χ4n) is 2.11. The van der Waals surface area contributed by atoms with E-state index in [9.17, 15) is 8.42 Å². The molecule has 4 N–H and O–H groups in total. The van der Waals surface area contributed by atoms with Gasteiger partial charge in [-0.3, -0.25) is 5.10 Å². The van der Waals surface area contributed by atoms with Gasteiger partial charge in [-0.2, -0.15) is 5.10 Å². The molecule has 0 fully saturated rings. The molecule has 0 saturated heterocycles. The Bertz CT molecular complexity index is 705. The second-order valence-electron chi connectivity index (χ2n) is 4.82. The van der Waals surface area contributed by atoms with Crippen LogP contribution in [0.15, 0.2) is 29.2 Å². The molecule has 0 bridgehead atoms. The zero-order chi connectivity index (χ0) is 15.5. The van der Waals surface area contributed by atoms with Gasteiger partial charge in [0.05, 0.1) is 11.4 Å². The molecule has 0 saturated carbocycles. The summed E-state index contributed by atoms with van der Waals surface area (Å²) in [6, 6.07) is 7.84. The van der Waals surface area contributed by atoms with Gasteiger partial charge in [-0.25, -0.2) is 13.1 Å². The summed E-state index contributed by atoms with van der Waals surface area (Å²) in [5, 5.41) is 6.57. The number of nitrogens with zero attached hydrogens (tertiary/aromatic N) is 1. The Hall–Kier alpha value is -1.70. The summed E-state index contributed by atoms with van der Waals surface area (Å²) in [5.41, 5.74) is 8.49. The molecule has 1 aromatic heterocycles. The molecule has 0 radical (unpaired) electrons. The van der Waals surface area contributed by atoms with E-state index in [0.717, 1.165) is 12.0 Å². The van der Waals surface area contributed by atoms with Crippen LogP contribution < -0.4 is 10.5 Å². The molecule has 21 heavy (non-hydrogen) atoms. The Morgan fingerprint density at radius 1 is 1.24 bits per heavy atom. The van der Waals surface area contributed by atoms with Crippen molar-refractivity contribution in [1.82, 2.24) is 14.9 Å². The van der Waals surface area contributed by atoms with Gasteiger partial charge in [0.2, 0.25) is 10.0 Å². The minimum atomic E-state index is -3.63. The van der Waals surface area contributed by atoms with Crippen LogP contribution in [0.3, 0.4) is 0 Å². The number of hydrogen-bond acceptors (Lipinski definition) is 4. The highest BCUT2D eigenvalue weighted by Crippen LogP contribution is 2.17. The first-order valence-corrected chi connectivity index (χ1v) is 8.27. The van der Waals surface area contributed by atoms with Crippen LogP contribution in [0.2, 0.25) is 0 Å². The third-order valence-corrected chi connectivity index (χ3v) is 4.92. The number of aryl methyl sites for hydroxylation is 2. The van der Waals surface area contributed by atoms with Gasteiger partial charge in [0, 0.05) is 13.1 Å². The van der Waals surface area contributed by atoms with Gasteiger partial charge in [-0.15, -0.1) is 0 Å². The number of aromatic nitrogens is 2. The Kier molecular flexibility index (Phi) is 4.76. The highest BCUT2D eigenvalue weighted by molar-refractivity contribution is 7.89. The van der Waals surface area contributed by atoms with Crippen molar-refractivity contribution in [2.75, 3.05) is 0 Å². The predicted molar refractivity (Wildman–Crippen MR) is 81.1 cm³/mol. The van der Waals surface area contributed by atoms with Crippen molar-refractivity contribution in [2.45, 2.75) is 38.3 Å². The van der Waals surface area contributed by atoms with Gasteiger partial charge in [0.25, 0.3) is 0 Å². The average molecular weight is 308 g/mol. The molecule has 0 aliphatic carbocycles. The van der Waals surface area contributed by atoms with E-state index in [2.05, 4.69) is 21.8 Å². The molecule has 0 amide bonds. The number of benzene rings is 1. The van der Waals surface area contributed by atoms with Gasteiger partial charge in [-0.1, -0.05) is 31.2 Å². The standard InChI is InChI=1S/C14H20N4O2S/c1-3-11-4-6-12(7-5-11)9-16-21(19,20)14-10(2)17-18-13(14)8-15/h4-7,16H,3,8-9,15H2,1-2H3,(H,17,18). The Balaban J connectivity index is 2.15. The van der Waals surface area contributed by atoms with Crippen molar-refractivity contribution >= 4 is 10.0 Å². The molecule has 114 valence electrons. The number of sulfonamides is 1. The van der Waals surface area contributed by atoms with Crippen molar-refractivity contribution in [3.05, 3.63) is 46.8 Å². The Morgan fingerprint density at radius 3 is 2.43 bits per heavy atom. The van der Waals surface area contributed by atoms with Gasteiger partial charge in [-0.05, 0) is 24.5 Å². The first-order valence-electron chi connectivity index (χ1n) is 6.79. The maximum atomic E-state index is 12.4. The van der Waals surface area contributed by atoms with E-state index >= 15 is 0 Å². The highest BCUT2D eigenvalue weighted by Gasteiger charge is 2.23. The van der Waals surface area contributed by atoms with E-state index in [-0.39, 0.29) is 18.0 Å². The van der Waals surface area contributed by atoms with Crippen molar-refractivity contribution < 1.29 is 8.42 Å². The van der Waals surface area contributed by atoms with Crippen LogP contribution in [-0.4, -0.2) is 18.6 Å². The summed E-state index contributed by atoms with van der Waals surface area (Å²) in [4.78, 5) is 0.148. The number of H-pyrrole nitrogens is 1. The minimum absolute atomic E-state index is 0.0752. The van der Waals surface area contributed by atoms with E-state index < -0.39 is 10.0 Å². The molecule has 1 heterocycles. The highest BCUT2D eigenvalue weighted by atomic mass is 32.2. The van der Waals surface area contributed by atoms with Crippen LogP contribution in [0, 0.1) is 6.92 Å². The number of nitrogens with one attached hydrogen (secondary N) is 2. The second kappa shape index (κ2) is 6.38. The first-order chi connectivity index (χ1) is 9.97. The third-order valence-electron chi connectivity index (χ3n) is 3.32. The summed E-state index contributed by atoms with van der Waals surface area (Å²) >= 11 is 0. The molecule has 0 unspecified atom stereocenters. The van der Waals surface area contributed by atoms with E-state index in [1.807, 2.05) is 24.3 Å². The maximum absolute atomic E-state index is 12.4. The largest absolute Gasteiger partial charge is 0.325 e.